The fraction of sp³-hybridized carbons (Fsp3) is 0.125. The van der Waals surface area contributed by atoms with Crippen LogP contribution in [0.5, 0.6) is 0 Å². The molecule has 0 saturated carbocycles. The second-order valence-electron chi connectivity index (χ2n) is 7.12. The number of nitrogens with zero attached hydrogens (tertiary/aromatic N) is 2. The van der Waals surface area contributed by atoms with Crippen molar-refractivity contribution in [1.82, 2.24) is 4.98 Å². The van der Waals surface area contributed by atoms with Crippen LogP contribution < -0.4 is 4.90 Å². The zero-order valence-electron chi connectivity index (χ0n) is 15.5. The molecular weight excluding hydrogens is 352 g/mol. The predicted molar refractivity (Wildman–Crippen MR) is 115 cm³/mol. The minimum absolute atomic E-state index is 0.0885. The Balaban J connectivity index is 2.01. The highest BCUT2D eigenvalue weighted by Crippen LogP contribution is 2.52. The van der Waals surface area contributed by atoms with E-state index >= 15 is 0 Å². The number of allylic oxidation sites excluding steroid dienone is 2. The van der Waals surface area contributed by atoms with Crippen LogP contribution in [0.15, 0.2) is 79.5 Å². The number of benzene rings is 2. The van der Waals surface area contributed by atoms with Gasteiger partial charge in [-0.1, -0.05) is 80.6 Å². The minimum Gasteiger partial charge on any atom is -0.308 e. The number of para-hydroxylation sites is 2. The fourth-order valence-corrected chi connectivity index (χ4v) is 4.09. The van der Waals surface area contributed by atoms with E-state index in [0.29, 0.717) is 5.02 Å². The number of pyridine rings is 1. The Bertz CT molecular complexity index is 1000. The van der Waals surface area contributed by atoms with Gasteiger partial charge in [0.25, 0.3) is 0 Å². The number of fused-ring (bicyclic) bond motifs is 2. The second kappa shape index (κ2) is 6.71. The van der Waals surface area contributed by atoms with Gasteiger partial charge in [-0.15, -0.1) is 0 Å². The largest absolute Gasteiger partial charge is 0.308 e. The van der Waals surface area contributed by atoms with Crippen molar-refractivity contribution in [2.45, 2.75) is 19.3 Å². The first-order chi connectivity index (χ1) is 13.1. The van der Waals surface area contributed by atoms with E-state index in [1.807, 2.05) is 18.2 Å². The molecule has 1 aromatic heterocycles. The van der Waals surface area contributed by atoms with Gasteiger partial charge in [-0.2, -0.15) is 0 Å². The summed E-state index contributed by atoms with van der Waals surface area (Å²) in [5, 5.41) is 0.625. The first-order valence-corrected chi connectivity index (χ1v) is 9.36. The van der Waals surface area contributed by atoms with Crippen molar-refractivity contribution >= 4 is 34.7 Å². The Labute approximate surface area is 165 Å². The van der Waals surface area contributed by atoms with Crippen molar-refractivity contribution in [3.05, 3.63) is 101 Å². The molecule has 3 aromatic rings. The van der Waals surface area contributed by atoms with Crippen LogP contribution in [0.4, 0.5) is 17.1 Å². The molecule has 134 valence electrons. The van der Waals surface area contributed by atoms with Gasteiger partial charge in [-0.05, 0) is 35.4 Å². The van der Waals surface area contributed by atoms with Gasteiger partial charge in [0, 0.05) is 11.6 Å². The number of halogens is 1. The summed E-state index contributed by atoms with van der Waals surface area (Å²) in [5.74, 6) is 0. The smallest absolute Gasteiger partial charge is 0.0903 e. The van der Waals surface area contributed by atoms with Crippen LogP contribution >= 0.6 is 11.6 Å². The summed E-state index contributed by atoms with van der Waals surface area (Å²) in [6, 6.07) is 19.0. The first-order valence-electron chi connectivity index (χ1n) is 8.98. The normalized spacial score (nSPS) is 14.7. The second-order valence-corrected chi connectivity index (χ2v) is 7.50. The maximum absolute atomic E-state index is 6.79. The molecule has 1 aliphatic heterocycles. The minimum atomic E-state index is -0.0885. The average molecular weight is 373 g/mol. The van der Waals surface area contributed by atoms with Crippen LogP contribution in [0.25, 0.3) is 6.08 Å². The van der Waals surface area contributed by atoms with Gasteiger partial charge in [0.05, 0.1) is 27.8 Å². The third-order valence-electron chi connectivity index (χ3n) is 5.16. The van der Waals surface area contributed by atoms with E-state index in [-0.39, 0.29) is 5.41 Å². The lowest BCUT2D eigenvalue weighted by atomic mass is 9.73. The van der Waals surface area contributed by atoms with Crippen molar-refractivity contribution in [3.63, 3.8) is 0 Å². The summed E-state index contributed by atoms with van der Waals surface area (Å²) in [5.41, 5.74) is 6.41. The van der Waals surface area contributed by atoms with E-state index in [9.17, 15) is 0 Å². The number of hydrogen-bond acceptors (Lipinski definition) is 2. The molecule has 0 atom stereocenters. The van der Waals surface area contributed by atoms with E-state index < -0.39 is 0 Å². The quantitative estimate of drug-likeness (QED) is 0.458. The van der Waals surface area contributed by atoms with E-state index in [2.05, 4.69) is 78.8 Å². The van der Waals surface area contributed by atoms with E-state index in [1.54, 1.807) is 12.3 Å². The third-order valence-corrected chi connectivity index (χ3v) is 5.55. The maximum Gasteiger partial charge on any atom is 0.0903 e. The van der Waals surface area contributed by atoms with Gasteiger partial charge in [0.2, 0.25) is 0 Å². The van der Waals surface area contributed by atoms with Crippen LogP contribution in [0.1, 0.15) is 30.7 Å². The molecule has 2 aromatic carbocycles. The zero-order valence-corrected chi connectivity index (χ0v) is 16.2. The summed E-state index contributed by atoms with van der Waals surface area (Å²) < 4.78 is 0. The molecule has 4 rings (SSSR count). The molecule has 0 bridgehead atoms. The molecule has 2 heterocycles. The van der Waals surface area contributed by atoms with E-state index in [0.717, 1.165) is 22.8 Å². The highest BCUT2D eigenvalue weighted by atomic mass is 35.5. The lowest BCUT2D eigenvalue weighted by Gasteiger charge is -2.42. The van der Waals surface area contributed by atoms with Crippen LogP contribution in [0.2, 0.25) is 5.02 Å². The Morgan fingerprint density at radius 1 is 0.926 bits per heavy atom. The molecule has 0 saturated heterocycles. The Morgan fingerprint density at radius 2 is 1.52 bits per heavy atom. The number of rotatable bonds is 3. The van der Waals surface area contributed by atoms with Gasteiger partial charge < -0.3 is 4.90 Å². The number of anilines is 3. The molecule has 0 amide bonds. The lowest BCUT2D eigenvalue weighted by molar-refractivity contribution is 0.632. The molecule has 0 radical (unpaired) electrons. The van der Waals surface area contributed by atoms with Crippen molar-refractivity contribution in [3.8, 4) is 0 Å². The summed E-state index contributed by atoms with van der Waals surface area (Å²) in [4.78, 5) is 6.66. The Kier molecular flexibility index (Phi) is 4.37. The maximum atomic E-state index is 6.79. The van der Waals surface area contributed by atoms with E-state index in [4.69, 9.17) is 11.6 Å². The zero-order chi connectivity index (χ0) is 19.0. The first kappa shape index (κ1) is 17.6. The Hall–Kier alpha value is -2.84. The lowest BCUT2D eigenvalue weighted by Crippen LogP contribution is -2.30. The average Bonchev–Trinajstić information content (AvgIpc) is 2.69. The molecule has 0 N–H and O–H groups in total. The van der Waals surface area contributed by atoms with Crippen LogP contribution in [0.3, 0.4) is 0 Å². The highest BCUT2D eigenvalue weighted by Gasteiger charge is 2.37. The Morgan fingerprint density at radius 3 is 2.11 bits per heavy atom. The van der Waals surface area contributed by atoms with Crippen LogP contribution in [-0.4, -0.2) is 4.98 Å². The van der Waals surface area contributed by atoms with Gasteiger partial charge in [0.1, 0.15) is 0 Å². The molecule has 1 aliphatic rings. The molecule has 3 heteroatoms. The fourth-order valence-electron chi connectivity index (χ4n) is 3.83. The third kappa shape index (κ3) is 2.77. The van der Waals surface area contributed by atoms with Crippen molar-refractivity contribution < 1.29 is 0 Å². The highest BCUT2D eigenvalue weighted by molar-refractivity contribution is 6.35. The van der Waals surface area contributed by atoms with Crippen molar-refractivity contribution in [2.75, 3.05) is 4.90 Å². The molecular formula is C24H21ClN2. The van der Waals surface area contributed by atoms with Gasteiger partial charge >= 0.3 is 0 Å². The van der Waals surface area contributed by atoms with Crippen molar-refractivity contribution in [1.29, 1.82) is 0 Å². The molecule has 27 heavy (non-hydrogen) atoms. The molecule has 2 nitrogen and oxygen atoms in total. The van der Waals surface area contributed by atoms with E-state index in [1.165, 1.54) is 11.1 Å². The summed E-state index contributed by atoms with van der Waals surface area (Å²) in [6.45, 7) is 8.27. The monoisotopic (exact) mass is 372 g/mol. The van der Waals surface area contributed by atoms with Crippen molar-refractivity contribution in [2.24, 2.45) is 0 Å². The summed E-state index contributed by atoms with van der Waals surface area (Å²) in [7, 11) is 0. The molecule has 0 spiro atoms. The summed E-state index contributed by atoms with van der Waals surface area (Å²) in [6.07, 6.45) is 7.25. The van der Waals surface area contributed by atoms with Gasteiger partial charge in [0.15, 0.2) is 0 Å². The predicted octanol–water partition coefficient (Wildman–Crippen LogP) is 7.04. The van der Waals surface area contributed by atoms with Crippen LogP contribution in [-0.2, 0) is 5.41 Å². The standard InChI is InChI=1S/C24H21ClN2/c1-4-5-12-19-23(25)22(15-16-26-19)27-20-13-8-6-10-17(20)24(2,3)18-11-7-9-14-21(18)27/h4-16H,1H2,2-3H3/b12-5-. The number of hydrogen-bond donors (Lipinski definition) is 0. The van der Waals surface area contributed by atoms with Crippen LogP contribution in [0, 0.1) is 0 Å². The number of aromatic nitrogens is 1. The topological polar surface area (TPSA) is 16.1 Å². The van der Waals surface area contributed by atoms with Gasteiger partial charge in [-0.3, -0.25) is 4.98 Å². The SMILES string of the molecule is C=C/C=C\c1nccc(N2c3ccccc3C(C)(C)c3ccccc32)c1Cl. The summed E-state index contributed by atoms with van der Waals surface area (Å²) >= 11 is 6.79. The molecule has 0 fully saturated rings. The molecule has 0 aliphatic carbocycles. The van der Waals surface area contributed by atoms with Gasteiger partial charge in [-0.25, -0.2) is 0 Å². The molecule has 0 unspecified atom stereocenters.